The van der Waals surface area contributed by atoms with Gasteiger partial charge in [-0.3, -0.25) is 0 Å². The van der Waals surface area contributed by atoms with Gasteiger partial charge in [-0.25, -0.2) is 0 Å². The van der Waals surface area contributed by atoms with Crippen LogP contribution in [0.3, 0.4) is 0 Å². The molecule has 0 saturated heterocycles. The zero-order valence-corrected chi connectivity index (χ0v) is 12.0. The van der Waals surface area contributed by atoms with Crippen molar-refractivity contribution in [3.63, 3.8) is 0 Å². The van der Waals surface area contributed by atoms with Crippen LogP contribution in [0.2, 0.25) is 0 Å². The molecule has 1 saturated carbocycles. The van der Waals surface area contributed by atoms with E-state index in [1.54, 1.807) is 6.07 Å². The summed E-state index contributed by atoms with van der Waals surface area (Å²) in [5.41, 5.74) is 0.884. The number of rotatable bonds is 4. The number of phenolic OH excluding ortho intramolecular Hbond substituents is 1. The minimum atomic E-state index is 0.242. The summed E-state index contributed by atoms with van der Waals surface area (Å²) in [6.07, 6.45) is 6.45. The third-order valence-corrected chi connectivity index (χ3v) is 4.56. The van der Waals surface area contributed by atoms with Gasteiger partial charge < -0.3 is 19.9 Å². The topological polar surface area (TPSA) is 50.7 Å². The fourth-order valence-electron chi connectivity index (χ4n) is 3.32. The first kappa shape index (κ1) is 13.6. The van der Waals surface area contributed by atoms with Crippen molar-refractivity contribution in [1.82, 2.24) is 5.32 Å². The van der Waals surface area contributed by atoms with Crippen molar-refractivity contribution in [2.75, 3.05) is 6.79 Å². The molecule has 1 aliphatic carbocycles. The van der Waals surface area contributed by atoms with E-state index in [1.807, 2.05) is 6.07 Å². The minimum absolute atomic E-state index is 0.242. The molecule has 0 spiro atoms. The van der Waals surface area contributed by atoms with Gasteiger partial charge in [-0.15, -0.1) is 0 Å². The van der Waals surface area contributed by atoms with Crippen molar-refractivity contribution in [3.8, 4) is 17.2 Å². The van der Waals surface area contributed by atoms with Crippen molar-refractivity contribution < 1.29 is 14.6 Å². The van der Waals surface area contributed by atoms with Gasteiger partial charge in [-0.1, -0.05) is 26.2 Å². The Bertz CT molecular complexity index is 475. The summed E-state index contributed by atoms with van der Waals surface area (Å²) >= 11 is 0. The lowest BCUT2D eigenvalue weighted by atomic mass is 9.83. The average Bonchev–Trinajstić information content (AvgIpc) is 2.92. The quantitative estimate of drug-likeness (QED) is 0.887. The summed E-state index contributed by atoms with van der Waals surface area (Å²) in [5, 5.41) is 13.7. The van der Waals surface area contributed by atoms with Crippen LogP contribution in [0.25, 0.3) is 0 Å². The SMILES string of the molecule is CCC1CCCCC1NCc1cc2c(cc1O)OCO2. The first-order valence-electron chi connectivity index (χ1n) is 7.62. The molecular formula is C16H23NO3. The van der Waals surface area contributed by atoms with Crippen LogP contribution in [0.4, 0.5) is 0 Å². The van der Waals surface area contributed by atoms with Crippen molar-refractivity contribution in [2.45, 2.75) is 51.6 Å². The third kappa shape index (κ3) is 2.70. The van der Waals surface area contributed by atoms with Crippen LogP contribution in [-0.2, 0) is 6.54 Å². The van der Waals surface area contributed by atoms with Gasteiger partial charge in [0.25, 0.3) is 0 Å². The molecule has 2 unspecified atom stereocenters. The Hall–Kier alpha value is -1.42. The molecule has 1 aliphatic heterocycles. The number of aromatic hydroxyl groups is 1. The van der Waals surface area contributed by atoms with Crippen LogP contribution in [0.5, 0.6) is 17.2 Å². The maximum Gasteiger partial charge on any atom is 0.231 e. The summed E-state index contributed by atoms with van der Waals surface area (Å²) < 4.78 is 10.6. The predicted molar refractivity (Wildman–Crippen MR) is 77.1 cm³/mol. The fourth-order valence-corrected chi connectivity index (χ4v) is 3.32. The molecule has 0 aromatic heterocycles. The number of ether oxygens (including phenoxy) is 2. The van der Waals surface area contributed by atoms with E-state index in [2.05, 4.69) is 12.2 Å². The largest absolute Gasteiger partial charge is 0.507 e. The molecule has 0 amide bonds. The van der Waals surface area contributed by atoms with E-state index >= 15 is 0 Å². The van der Waals surface area contributed by atoms with Crippen molar-refractivity contribution in [3.05, 3.63) is 17.7 Å². The predicted octanol–water partition coefficient (Wildman–Crippen LogP) is 3.18. The zero-order valence-electron chi connectivity index (χ0n) is 12.0. The molecule has 4 nitrogen and oxygen atoms in total. The second-order valence-corrected chi connectivity index (χ2v) is 5.77. The Morgan fingerprint density at radius 2 is 1.95 bits per heavy atom. The molecular weight excluding hydrogens is 254 g/mol. The third-order valence-electron chi connectivity index (χ3n) is 4.56. The standard InChI is InChI=1S/C16H23NO3/c1-2-11-5-3-4-6-13(11)17-9-12-7-15-16(8-14(12)18)20-10-19-15/h7-8,11,13,17-18H,2-6,9-10H2,1H3. The summed E-state index contributed by atoms with van der Waals surface area (Å²) in [6.45, 7) is 3.19. The summed E-state index contributed by atoms with van der Waals surface area (Å²) in [7, 11) is 0. The van der Waals surface area contributed by atoms with Crippen molar-refractivity contribution in [1.29, 1.82) is 0 Å². The number of hydrogen-bond acceptors (Lipinski definition) is 4. The summed E-state index contributed by atoms with van der Waals surface area (Å²) in [5.74, 6) is 2.41. The van der Waals surface area contributed by atoms with E-state index in [0.717, 1.165) is 17.2 Å². The van der Waals surface area contributed by atoms with Gasteiger partial charge in [0.2, 0.25) is 6.79 Å². The molecule has 1 aromatic rings. The molecule has 0 bridgehead atoms. The molecule has 1 heterocycles. The molecule has 4 heteroatoms. The minimum Gasteiger partial charge on any atom is -0.507 e. The van der Waals surface area contributed by atoms with E-state index in [4.69, 9.17) is 9.47 Å². The number of phenols is 1. The number of fused-ring (bicyclic) bond motifs is 1. The number of nitrogens with one attached hydrogen (secondary N) is 1. The number of hydrogen-bond donors (Lipinski definition) is 2. The van der Waals surface area contributed by atoms with Crippen LogP contribution in [-0.4, -0.2) is 17.9 Å². The van der Waals surface area contributed by atoms with Crippen LogP contribution in [0, 0.1) is 5.92 Å². The van der Waals surface area contributed by atoms with Gasteiger partial charge in [0.05, 0.1) is 0 Å². The lowest BCUT2D eigenvalue weighted by molar-refractivity contribution is 0.174. The number of benzene rings is 1. The Morgan fingerprint density at radius 1 is 1.20 bits per heavy atom. The molecule has 0 radical (unpaired) electrons. The highest BCUT2D eigenvalue weighted by atomic mass is 16.7. The van der Waals surface area contributed by atoms with Crippen LogP contribution in [0.15, 0.2) is 12.1 Å². The highest BCUT2D eigenvalue weighted by Gasteiger charge is 2.24. The molecule has 1 fully saturated rings. The van der Waals surface area contributed by atoms with Crippen molar-refractivity contribution in [2.24, 2.45) is 5.92 Å². The monoisotopic (exact) mass is 277 g/mol. The second-order valence-electron chi connectivity index (χ2n) is 5.77. The lowest BCUT2D eigenvalue weighted by Crippen LogP contribution is -2.37. The average molecular weight is 277 g/mol. The van der Waals surface area contributed by atoms with E-state index in [-0.39, 0.29) is 12.5 Å². The van der Waals surface area contributed by atoms with Gasteiger partial charge in [-0.2, -0.15) is 0 Å². The zero-order chi connectivity index (χ0) is 13.9. The Balaban J connectivity index is 1.66. The van der Waals surface area contributed by atoms with E-state index < -0.39 is 0 Å². The van der Waals surface area contributed by atoms with Gasteiger partial charge in [-0.05, 0) is 24.8 Å². The molecule has 2 aliphatic rings. The Morgan fingerprint density at radius 3 is 2.75 bits per heavy atom. The summed E-state index contributed by atoms with van der Waals surface area (Å²) in [6, 6.07) is 4.10. The van der Waals surface area contributed by atoms with E-state index in [0.29, 0.717) is 18.3 Å². The normalized spacial score (nSPS) is 24.9. The van der Waals surface area contributed by atoms with E-state index in [9.17, 15) is 5.11 Å². The molecule has 20 heavy (non-hydrogen) atoms. The molecule has 110 valence electrons. The molecule has 2 atom stereocenters. The Labute approximate surface area is 120 Å². The highest BCUT2D eigenvalue weighted by Crippen LogP contribution is 2.37. The fraction of sp³-hybridized carbons (Fsp3) is 0.625. The van der Waals surface area contributed by atoms with Crippen LogP contribution < -0.4 is 14.8 Å². The molecule has 2 N–H and O–H groups in total. The van der Waals surface area contributed by atoms with Gasteiger partial charge in [0.15, 0.2) is 11.5 Å². The molecule has 1 aromatic carbocycles. The Kier molecular flexibility index (Phi) is 4.01. The van der Waals surface area contributed by atoms with Gasteiger partial charge in [0, 0.05) is 24.2 Å². The van der Waals surface area contributed by atoms with Crippen LogP contribution >= 0.6 is 0 Å². The van der Waals surface area contributed by atoms with Crippen LogP contribution in [0.1, 0.15) is 44.6 Å². The first-order valence-corrected chi connectivity index (χ1v) is 7.62. The lowest BCUT2D eigenvalue weighted by Gasteiger charge is -2.31. The first-order chi connectivity index (χ1) is 9.78. The molecule has 3 rings (SSSR count). The van der Waals surface area contributed by atoms with Gasteiger partial charge >= 0.3 is 0 Å². The highest BCUT2D eigenvalue weighted by molar-refractivity contribution is 5.51. The maximum absolute atomic E-state index is 10.1. The summed E-state index contributed by atoms with van der Waals surface area (Å²) in [4.78, 5) is 0. The van der Waals surface area contributed by atoms with E-state index in [1.165, 1.54) is 32.1 Å². The van der Waals surface area contributed by atoms with Crippen molar-refractivity contribution >= 4 is 0 Å². The second kappa shape index (κ2) is 5.92. The maximum atomic E-state index is 10.1. The smallest absolute Gasteiger partial charge is 0.231 e. The van der Waals surface area contributed by atoms with Gasteiger partial charge in [0.1, 0.15) is 5.75 Å².